The van der Waals surface area contributed by atoms with Crippen LogP contribution in [-0.4, -0.2) is 29.0 Å². The first-order valence-electron chi connectivity index (χ1n) is 5.36. The topological polar surface area (TPSA) is 66.9 Å². The minimum absolute atomic E-state index is 0.00507. The van der Waals surface area contributed by atoms with Gasteiger partial charge in [-0.2, -0.15) is 0 Å². The third-order valence-electron chi connectivity index (χ3n) is 2.61. The highest BCUT2D eigenvalue weighted by molar-refractivity contribution is 9.11. The number of piperidine rings is 1. The molecule has 7 heteroatoms. The van der Waals surface area contributed by atoms with E-state index in [9.17, 15) is 4.79 Å². The van der Waals surface area contributed by atoms with Gasteiger partial charge in [-0.3, -0.25) is 4.79 Å². The standard InChI is InChI=1S/C10H12Br2N4O/c11-7-5-14-9(8(12)15-7)16-10(17)6-2-1-3-13-4-6/h5-6,13H,1-4H2,(H,14,16,17)/t6-/m0/s1. The van der Waals surface area contributed by atoms with Crippen molar-refractivity contribution in [1.82, 2.24) is 15.3 Å². The molecule has 0 spiro atoms. The van der Waals surface area contributed by atoms with E-state index in [1.807, 2.05) is 0 Å². The van der Waals surface area contributed by atoms with Crippen molar-refractivity contribution in [3.63, 3.8) is 0 Å². The van der Waals surface area contributed by atoms with Crippen LogP contribution in [0.5, 0.6) is 0 Å². The van der Waals surface area contributed by atoms with Crippen LogP contribution in [0.15, 0.2) is 15.4 Å². The highest BCUT2D eigenvalue weighted by atomic mass is 79.9. The molecule has 0 aromatic carbocycles. The van der Waals surface area contributed by atoms with Crippen LogP contribution in [0.25, 0.3) is 0 Å². The summed E-state index contributed by atoms with van der Waals surface area (Å²) < 4.78 is 1.16. The Morgan fingerprint density at radius 2 is 2.35 bits per heavy atom. The highest BCUT2D eigenvalue weighted by Crippen LogP contribution is 2.21. The van der Waals surface area contributed by atoms with Gasteiger partial charge in [-0.05, 0) is 51.2 Å². The van der Waals surface area contributed by atoms with Crippen LogP contribution in [0.3, 0.4) is 0 Å². The van der Waals surface area contributed by atoms with E-state index >= 15 is 0 Å². The van der Waals surface area contributed by atoms with Crippen molar-refractivity contribution < 1.29 is 4.79 Å². The minimum Gasteiger partial charge on any atom is -0.316 e. The van der Waals surface area contributed by atoms with E-state index in [-0.39, 0.29) is 11.8 Å². The molecule has 0 radical (unpaired) electrons. The van der Waals surface area contributed by atoms with Gasteiger partial charge in [-0.25, -0.2) is 9.97 Å². The first-order chi connectivity index (χ1) is 8.16. The van der Waals surface area contributed by atoms with Gasteiger partial charge in [0.1, 0.15) is 9.21 Å². The molecule has 2 rings (SSSR count). The molecule has 0 saturated carbocycles. The summed E-state index contributed by atoms with van der Waals surface area (Å²) in [5.41, 5.74) is 0. The molecule has 2 heterocycles. The molecule has 0 unspecified atom stereocenters. The highest BCUT2D eigenvalue weighted by Gasteiger charge is 2.21. The Morgan fingerprint density at radius 3 is 3.00 bits per heavy atom. The van der Waals surface area contributed by atoms with Crippen LogP contribution in [0.2, 0.25) is 0 Å². The molecule has 2 N–H and O–H groups in total. The van der Waals surface area contributed by atoms with Crippen molar-refractivity contribution in [2.45, 2.75) is 12.8 Å². The van der Waals surface area contributed by atoms with E-state index in [0.29, 0.717) is 15.0 Å². The molecule has 1 saturated heterocycles. The average Bonchev–Trinajstić information content (AvgIpc) is 2.34. The number of hydrogen-bond donors (Lipinski definition) is 2. The van der Waals surface area contributed by atoms with E-state index in [0.717, 1.165) is 25.9 Å². The molecule has 1 amide bonds. The fraction of sp³-hybridized carbons (Fsp3) is 0.500. The minimum atomic E-state index is -0.00507. The fourth-order valence-electron chi connectivity index (χ4n) is 1.72. The van der Waals surface area contributed by atoms with Gasteiger partial charge in [-0.1, -0.05) is 0 Å². The molecule has 17 heavy (non-hydrogen) atoms. The summed E-state index contributed by atoms with van der Waals surface area (Å²) in [6.07, 6.45) is 3.51. The lowest BCUT2D eigenvalue weighted by molar-refractivity contribution is -0.120. The van der Waals surface area contributed by atoms with Gasteiger partial charge in [0.25, 0.3) is 0 Å². The van der Waals surface area contributed by atoms with Crippen LogP contribution < -0.4 is 10.6 Å². The van der Waals surface area contributed by atoms with Gasteiger partial charge in [0.2, 0.25) is 5.91 Å². The molecule has 0 bridgehead atoms. The third kappa shape index (κ3) is 3.46. The van der Waals surface area contributed by atoms with Gasteiger partial charge in [0.05, 0.1) is 12.1 Å². The van der Waals surface area contributed by atoms with E-state index < -0.39 is 0 Å². The van der Waals surface area contributed by atoms with Crippen LogP contribution in [-0.2, 0) is 4.79 Å². The quantitative estimate of drug-likeness (QED) is 0.842. The number of aromatic nitrogens is 2. The number of anilines is 1. The zero-order valence-electron chi connectivity index (χ0n) is 9.04. The van der Waals surface area contributed by atoms with Gasteiger partial charge in [0, 0.05) is 6.54 Å². The second kappa shape index (κ2) is 5.88. The number of hydrogen-bond acceptors (Lipinski definition) is 4. The lowest BCUT2D eigenvalue weighted by Gasteiger charge is -2.21. The van der Waals surface area contributed by atoms with E-state index in [1.165, 1.54) is 0 Å². The summed E-state index contributed by atoms with van der Waals surface area (Å²) in [5.74, 6) is 0.472. The molecule has 1 aromatic heterocycles. The van der Waals surface area contributed by atoms with Crippen molar-refractivity contribution in [3.8, 4) is 0 Å². The fourth-order valence-corrected chi connectivity index (χ4v) is 2.64. The van der Waals surface area contributed by atoms with Crippen LogP contribution >= 0.6 is 31.9 Å². The summed E-state index contributed by atoms with van der Waals surface area (Å²) >= 11 is 6.48. The number of halogens is 2. The average molecular weight is 364 g/mol. The number of amides is 1. The summed E-state index contributed by atoms with van der Waals surface area (Å²) in [7, 11) is 0. The van der Waals surface area contributed by atoms with Gasteiger partial charge in [0.15, 0.2) is 5.82 Å². The van der Waals surface area contributed by atoms with Gasteiger partial charge < -0.3 is 10.6 Å². The van der Waals surface area contributed by atoms with E-state index in [2.05, 4.69) is 52.5 Å². The zero-order valence-corrected chi connectivity index (χ0v) is 12.2. The molecule has 1 fully saturated rings. The largest absolute Gasteiger partial charge is 0.316 e. The monoisotopic (exact) mass is 362 g/mol. The third-order valence-corrected chi connectivity index (χ3v) is 3.54. The molecule has 5 nitrogen and oxygen atoms in total. The molecule has 0 aliphatic carbocycles. The molecule has 1 aliphatic heterocycles. The number of carbonyl (C=O) groups excluding carboxylic acids is 1. The predicted octanol–water partition coefficient (Wildman–Crippen LogP) is 1.94. The van der Waals surface area contributed by atoms with E-state index in [4.69, 9.17) is 0 Å². The first-order valence-corrected chi connectivity index (χ1v) is 6.95. The number of nitrogens with one attached hydrogen (secondary N) is 2. The Labute approximate surface area is 116 Å². The van der Waals surface area contributed by atoms with E-state index in [1.54, 1.807) is 6.20 Å². The molecule has 1 aliphatic rings. The molecule has 92 valence electrons. The Balaban J connectivity index is 2.02. The van der Waals surface area contributed by atoms with Crippen molar-refractivity contribution in [2.24, 2.45) is 5.92 Å². The molecule has 1 aromatic rings. The van der Waals surface area contributed by atoms with Crippen molar-refractivity contribution in [3.05, 3.63) is 15.4 Å². The maximum absolute atomic E-state index is 12.0. The van der Waals surface area contributed by atoms with Crippen LogP contribution in [0.1, 0.15) is 12.8 Å². The Morgan fingerprint density at radius 1 is 1.53 bits per heavy atom. The molecular weight excluding hydrogens is 352 g/mol. The van der Waals surface area contributed by atoms with Gasteiger partial charge >= 0.3 is 0 Å². The van der Waals surface area contributed by atoms with Crippen LogP contribution in [0.4, 0.5) is 5.82 Å². The van der Waals surface area contributed by atoms with Gasteiger partial charge in [-0.15, -0.1) is 0 Å². The number of carbonyl (C=O) groups is 1. The summed E-state index contributed by atoms with van der Waals surface area (Å²) in [4.78, 5) is 20.2. The summed E-state index contributed by atoms with van der Waals surface area (Å²) in [6, 6.07) is 0. The normalized spacial score (nSPS) is 20.0. The van der Waals surface area contributed by atoms with Crippen LogP contribution in [0, 0.1) is 5.92 Å². The molecular formula is C10H12Br2N4O. The van der Waals surface area contributed by atoms with Crippen molar-refractivity contribution in [1.29, 1.82) is 0 Å². The van der Waals surface area contributed by atoms with Crippen molar-refractivity contribution in [2.75, 3.05) is 18.4 Å². The maximum Gasteiger partial charge on any atom is 0.229 e. The maximum atomic E-state index is 12.0. The predicted molar refractivity (Wildman–Crippen MR) is 71.7 cm³/mol. The van der Waals surface area contributed by atoms with Crippen molar-refractivity contribution >= 4 is 43.6 Å². The summed E-state index contributed by atoms with van der Waals surface area (Å²) in [5, 5.41) is 6.00. The zero-order chi connectivity index (χ0) is 12.3. The first kappa shape index (κ1) is 12.9. The second-order valence-electron chi connectivity index (χ2n) is 3.86. The number of nitrogens with zero attached hydrogens (tertiary/aromatic N) is 2. The molecule has 1 atom stereocenters. The Bertz CT molecular complexity index is 421. The lowest BCUT2D eigenvalue weighted by atomic mass is 9.99. The smallest absolute Gasteiger partial charge is 0.229 e. The lowest BCUT2D eigenvalue weighted by Crippen LogP contribution is -2.37. The Hall–Kier alpha value is -0.530. The Kier molecular flexibility index (Phi) is 4.47. The summed E-state index contributed by atoms with van der Waals surface area (Å²) in [6.45, 7) is 1.72. The number of rotatable bonds is 2. The second-order valence-corrected chi connectivity index (χ2v) is 5.43. The SMILES string of the molecule is O=C(Nc1ncc(Br)nc1Br)[C@H]1CCCNC1.